The number of aromatic nitrogens is 5. The predicted molar refractivity (Wildman–Crippen MR) is 48.7 cm³/mol. The van der Waals surface area contributed by atoms with E-state index in [9.17, 15) is 4.79 Å². The van der Waals surface area contributed by atoms with Crippen LogP contribution >= 0.6 is 0 Å². The number of ether oxygens (including phenoxy) is 1. The maximum Gasteiger partial charge on any atom is 0.356 e. The molecule has 0 aliphatic carbocycles. The van der Waals surface area contributed by atoms with Gasteiger partial charge in [0.2, 0.25) is 5.82 Å². The second-order valence-corrected chi connectivity index (χ2v) is 2.64. The summed E-state index contributed by atoms with van der Waals surface area (Å²) in [6, 6.07) is 4.90. The zero-order valence-electron chi connectivity index (χ0n) is 7.84. The van der Waals surface area contributed by atoms with E-state index in [-0.39, 0.29) is 5.69 Å². The highest BCUT2D eigenvalue weighted by Crippen LogP contribution is 2.10. The molecule has 2 heterocycles. The van der Waals surface area contributed by atoms with Crippen LogP contribution in [0.15, 0.2) is 18.2 Å². The molecule has 0 radical (unpaired) electrons. The van der Waals surface area contributed by atoms with Crippen LogP contribution in [0, 0.1) is 0 Å². The van der Waals surface area contributed by atoms with Crippen molar-refractivity contribution in [2.75, 3.05) is 7.11 Å². The average Bonchev–Trinajstić information content (AvgIpc) is 2.82. The van der Waals surface area contributed by atoms with Crippen LogP contribution in [-0.2, 0) is 4.74 Å². The molecular weight excluding hydrogens is 198 g/mol. The molecule has 15 heavy (non-hydrogen) atoms. The number of hydrogen-bond donors (Lipinski definition) is 1. The number of H-pyrrole nitrogens is 1. The standard InChI is InChI=1S/C8H7N5O2/c1-15-8(14)6-4-2-3-5(9-6)7-10-12-13-11-7/h2-4H,1H3,(H,10,11,12,13). The summed E-state index contributed by atoms with van der Waals surface area (Å²) < 4.78 is 4.54. The number of rotatable bonds is 2. The molecular formula is C8H7N5O2. The van der Waals surface area contributed by atoms with Gasteiger partial charge in [0, 0.05) is 0 Å². The number of aromatic amines is 1. The Morgan fingerprint density at radius 1 is 1.47 bits per heavy atom. The van der Waals surface area contributed by atoms with Crippen molar-refractivity contribution >= 4 is 5.97 Å². The van der Waals surface area contributed by atoms with Crippen molar-refractivity contribution in [1.82, 2.24) is 25.6 Å². The molecule has 2 aromatic heterocycles. The number of hydrogen-bond acceptors (Lipinski definition) is 6. The molecule has 0 aliphatic heterocycles. The lowest BCUT2D eigenvalue weighted by molar-refractivity contribution is 0.0594. The average molecular weight is 205 g/mol. The SMILES string of the molecule is COC(=O)c1cccc(-c2nn[nH]n2)n1. The van der Waals surface area contributed by atoms with Gasteiger partial charge in [-0.05, 0) is 17.3 Å². The first-order chi connectivity index (χ1) is 7.31. The highest BCUT2D eigenvalue weighted by Gasteiger charge is 2.10. The maximum absolute atomic E-state index is 11.2. The van der Waals surface area contributed by atoms with Gasteiger partial charge in [0.1, 0.15) is 11.4 Å². The number of methoxy groups -OCH3 is 1. The fourth-order valence-corrected chi connectivity index (χ4v) is 1.05. The summed E-state index contributed by atoms with van der Waals surface area (Å²) in [6.45, 7) is 0. The summed E-state index contributed by atoms with van der Waals surface area (Å²) in [5.74, 6) is -0.166. The normalized spacial score (nSPS) is 9.93. The fourth-order valence-electron chi connectivity index (χ4n) is 1.05. The lowest BCUT2D eigenvalue weighted by Gasteiger charge is -1.98. The van der Waals surface area contributed by atoms with Crippen molar-refractivity contribution in [3.05, 3.63) is 23.9 Å². The van der Waals surface area contributed by atoms with E-state index < -0.39 is 5.97 Å². The second kappa shape index (κ2) is 3.82. The van der Waals surface area contributed by atoms with Crippen LogP contribution in [0.3, 0.4) is 0 Å². The molecule has 0 fully saturated rings. The van der Waals surface area contributed by atoms with Crippen molar-refractivity contribution in [1.29, 1.82) is 0 Å². The zero-order chi connectivity index (χ0) is 10.7. The number of carbonyl (C=O) groups is 1. The second-order valence-electron chi connectivity index (χ2n) is 2.64. The summed E-state index contributed by atoms with van der Waals surface area (Å²) in [7, 11) is 1.30. The van der Waals surface area contributed by atoms with E-state index in [2.05, 4.69) is 30.3 Å². The van der Waals surface area contributed by atoms with Gasteiger partial charge in [-0.1, -0.05) is 6.07 Å². The number of pyridine rings is 1. The molecule has 0 atom stereocenters. The van der Waals surface area contributed by atoms with Gasteiger partial charge in [-0.2, -0.15) is 5.21 Å². The largest absolute Gasteiger partial charge is 0.464 e. The van der Waals surface area contributed by atoms with Crippen LogP contribution in [0.5, 0.6) is 0 Å². The van der Waals surface area contributed by atoms with Gasteiger partial charge in [-0.25, -0.2) is 9.78 Å². The van der Waals surface area contributed by atoms with E-state index in [1.165, 1.54) is 7.11 Å². The fraction of sp³-hybridized carbons (Fsp3) is 0.125. The third-order valence-corrected chi connectivity index (χ3v) is 1.72. The van der Waals surface area contributed by atoms with Gasteiger partial charge in [0.15, 0.2) is 0 Å². The van der Waals surface area contributed by atoms with Crippen LogP contribution < -0.4 is 0 Å². The molecule has 0 saturated heterocycles. The molecule has 0 aliphatic rings. The van der Waals surface area contributed by atoms with Crippen LogP contribution in [0.2, 0.25) is 0 Å². The Bertz CT molecular complexity index is 468. The van der Waals surface area contributed by atoms with E-state index >= 15 is 0 Å². The minimum absolute atomic E-state index is 0.208. The Balaban J connectivity index is 2.39. The van der Waals surface area contributed by atoms with E-state index in [0.717, 1.165) is 0 Å². The smallest absolute Gasteiger partial charge is 0.356 e. The van der Waals surface area contributed by atoms with Gasteiger partial charge in [-0.3, -0.25) is 0 Å². The Morgan fingerprint density at radius 3 is 3.00 bits per heavy atom. The van der Waals surface area contributed by atoms with Gasteiger partial charge >= 0.3 is 5.97 Å². The lowest BCUT2D eigenvalue weighted by atomic mass is 10.3. The summed E-state index contributed by atoms with van der Waals surface area (Å²) in [5, 5.41) is 13.2. The number of nitrogens with one attached hydrogen (secondary N) is 1. The van der Waals surface area contributed by atoms with Crippen molar-refractivity contribution in [3.8, 4) is 11.5 Å². The van der Waals surface area contributed by atoms with Crippen molar-refractivity contribution in [2.24, 2.45) is 0 Å². The predicted octanol–water partition coefficient (Wildman–Crippen LogP) is 0.0483. The molecule has 0 saturated carbocycles. The minimum Gasteiger partial charge on any atom is -0.464 e. The highest BCUT2D eigenvalue weighted by atomic mass is 16.5. The Labute approximate surface area is 84.5 Å². The number of carbonyl (C=O) groups excluding carboxylic acids is 1. The summed E-state index contributed by atoms with van der Waals surface area (Å²) in [4.78, 5) is 15.2. The summed E-state index contributed by atoms with van der Waals surface area (Å²) in [6.07, 6.45) is 0. The Kier molecular flexibility index (Phi) is 2.36. The van der Waals surface area contributed by atoms with Crippen molar-refractivity contribution in [2.45, 2.75) is 0 Å². The van der Waals surface area contributed by atoms with Gasteiger partial charge in [-0.15, -0.1) is 10.2 Å². The maximum atomic E-state index is 11.2. The molecule has 2 aromatic rings. The molecule has 76 valence electrons. The summed E-state index contributed by atoms with van der Waals surface area (Å²) in [5.41, 5.74) is 0.673. The first-order valence-electron chi connectivity index (χ1n) is 4.10. The van der Waals surface area contributed by atoms with Crippen molar-refractivity contribution in [3.63, 3.8) is 0 Å². The lowest BCUT2D eigenvalue weighted by Crippen LogP contribution is -2.04. The molecule has 0 aromatic carbocycles. The molecule has 0 amide bonds. The topological polar surface area (TPSA) is 93.7 Å². The third-order valence-electron chi connectivity index (χ3n) is 1.72. The van der Waals surface area contributed by atoms with Gasteiger partial charge < -0.3 is 4.74 Å². The van der Waals surface area contributed by atoms with Crippen LogP contribution in [-0.4, -0.2) is 38.7 Å². The molecule has 7 nitrogen and oxygen atoms in total. The molecule has 1 N–H and O–H groups in total. The van der Waals surface area contributed by atoms with E-state index in [1.54, 1.807) is 18.2 Å². The molecule has 0 unspecified atom stereocenters. The van der Waals surface area contributed by atoms with Gasteiger partial charge in [0.05, 0.1) is 7.11 Å². The quantitative estimate of drug-likeness (QED) is 0.696. The first kappa shape index (κ1) is 9.25. The van der Waals surface area contributed by atoms with Gasteiger partial charge in [0.25, 0.3) is 0 Å². The Hall–Kier alpha value is -2.31. The molecule has 7 heteroatoms. The molecule has 0 spiro atoms. The summed E-state index contributed by atoms with van der Waals surface area (Å²) >= 11 is 0. The van der Waals surface area contributed by atoms with E-state index in [1.807, 2.05) is 0 Å². The van der Waals surface area contributed by atoms with Crippen LogP contribution in [0.25, 0.3) is 11.5 Å². The van der Waals surface area contributed by atoms with Crippen molar-refractivity contribution < 1.29 is 9.53 Å². The number of tetrazole rings is 1. The van der Waals surface area contributed by atoms with E-state index in [0.29, 0.717) is 11.5 Å². The highest BCUT2D eigenvalue weighted by molar-refractivity contribution is 5.87. The van der Waals surface area contributed by atoms with E-state index in [4.69, 9.17) is 0 Å². The van der Waals surface area contributed by atoms with Crippen LogP contribution in [0.4, 0.5) is 0 Å². The molecule has 0 bridgehead atoms. The molecule has 2 rings (SSSR count). The van der Waals surface area contributed by atoms with Crippen LogP contribution in [0.1, 0.15) is 10.5 Å². The number of nitrogens with zero attached hydrogens (tertiary/aromatic N) is 4. The minimum atomic E-state index is -0.500. The monoisotopic (exact) mass is 205 g/mol. The Morgan fingerprint density at radius 2 is 2.33 bits per heavy atom. The zero-order valence-corrected chi connectivity index (χ0v) is 7.84. The first-order valence-corrected chi connectivity index (χ1v) is 4.10. The third kappa shape index (κ3) is 1.80. The number of esters is 1.